The summed E-state index contributed by atoms with van der Waals surface area (Å²) < 4.78 is 4.90. The average molecular weight is 318 g/mol. The molecule has 1 aliphatic heterocycles. The Morgan fingerprint density at radius 1 is 1.05 bits per heavy atom. The molecule has 0 unspecified atom stereocenters. The fraction of sp³-hybridized carbons (Fsp3) is 0.444. The van der Waals surface area contributed by atoms with Crippen LogP contribution in [0.15, 0.2) is 22.8 Å². The Morgan fingerprint density at radius 3 is 2.00 bits per heavy atom. The number of aryl methyl sites for hydroxylation is 2. The molecule has 1 fully saturated rings. The summed E-state index contributed by atoms with van der Waals surface area (Å²) in [5.74, 6) is -1.07. The first kappa shape index (κ1) is 16.7. The zero-order valence-corrected chi connectivity index (χ0v) is 15.0. The van der Waals surface area contributed by atoms with Crippen LogP contribution in [0, 0.1) is 19.3 Å². The Morgan fingerprint density at radius 2 is 1.59 bits per heavy atom. The maximum absolute atomic E-state index is 12.3. The minimum Gasteiger partial charge on any atom is -0.386 e. The molecule has 4 heteroatoms. The molecule has 0 aromatic carbocycles. The van der Waals surface area contributed by atoms with Crippen molar-refractivity contribution in [2.45, 2.75) is 48.5 Å². The van der Waals surface area contributed by atoms with E-state index in [4.69, 9.17) is 4.74 Å². The van der Waals surface area contributed by atoms with Gasteiger partial charge in [-0.25, -0.2) is 9.59 Å². The van der Waals surface area contributed by atoms with Crippen LogP contribution in [0.5, 0.6) is 0 Å². The van der Waals surface area contributed by atoms with Crippen molar-refractivity contribution in [3.05, 3.63) is 38.1 Å². The lowest BCUT2D eigenvalue weighted by Crippen LogP contribution is -2.14. The highest BCUT2D eigenvalue weighted by Gasteiger charge is 2.40. The highest BCUT2D eigenvalue weighted by Crippen LogP contribution is 2.44. The molecule has 0 aliphatic carbocycles. The van der Waals surface area contributed by atoms with Gasteiger partial charge < -0.3 is 4.74 Å². The molecule has 0 spiro atoms. The van der Waals surface area contributed by atoms with Crippen molar-refractivity contribution in [3.8, 4) is 0 Å². The largest absolute Gasteiger partial charge is 0.386 e. The van der Waals surface area contributed by atoms with Crippen molar-refractivity contribution in [2.75, 3.05) is 0 Å². The van der Waals surface area contributed by atoms with Gasteiger partial charge in [-0.2, -0.15) is 0 Å². The molecule has 0 bridgehead atoms. The molecule has 2 heterocycles. The monoisotopic (exact) mass is 318 g/mol. The molecular formula is C18H22O3S. The predicted molar refractivity (Wildman–Crippen MR) is 89.6 cm³/mol. The number of hydrogen-bond acceptors (Lipinski definition) is 4. The number of esters is 2. The molecule has 118 valence electrons. The number of thiophene rings is 1. The number of allylic oxidation sites excluding steroid dienone is 2. The van der Waals surface area contributed by atoms with Gasteiger partial charge in [0, 0.05) is 9.75 Å². The van der Waals surface area contributed by atoms with Crippen LogP contribution in [0.4, 0.5) is 0 Å². The van der Waals surface area contributed by atoms with Crippen LogP contribution in [0.1, 0.15) is 49.9 Å². The quantitative estimate of drug-likeness (QED) is 0.432. The van der Waals surface area contributed by atoms with Crippen molar-refractivity contribution in [1.29, 1.82) is 0 Å². The number of ether oxygens (including phenoxy) is 1. The zero-order chi connectivity index (χ0) is 16.8. The third-order valence-electron chi connectivity index (χ3n) is 3.65. The number of carbonyl (C=O) groups excluding carboxylic acids is 2. The van der Waals surface area contributed by atoms with Crippen LogP contribution in [-0.4, -0.2) is 11.9 Å². The lowest BCUT2D eigenvalue weighted by molar-refractivity contribution is -0.149. The Kier molecular flexibility index (Phi) is 4.18. The number of hydrogen-bond donors (Lipinski definition) is 0. The van der Waals surface area contributed by atoms with Gasteiger partial charge in [-0.1, -0.05) is 26.3 Å². The molecule has 0 radical (unpaired) electrons. The molecule has 0 amide bonds. The minimum atomic E-state index is -0.536. The van der Waals surface area contributed by atoms with Gasteiger partial charge >= 0.3 is 11.9 Å². The van der Waals surface area contributed by atoms with Gasteiger partial charge in [-0.3, -0.25) is 0 Å². The van der Waals surface area contributed by atoms with Gasteiger partial charge in [0.15, 0.2) is 0 Å². The Labute approximate surface area is 135 Å². The Bertz CT molecular complexity index is 720. The third-order valence-corrected chi connectivity index (χ3v) is 4.62. The molecule has 22 heavy (non-hydrogen) atoms. The summed E-state index contributed by atoms with van der Waals surface area (Å²) in [5, 5.41) is 0. The van der Waals surface area contributed by atoms with E-state index in [9.17, 15) is 9.59 Å². The first-order valence-electron chi connectivity index (χ1n) is 7.30. The second-order valence-corrected chi connectivity index (χ2v) is 8.34. The van der Waals surface area contributed by atoms with Crippen molar-refractivity contribution in [1.82, 2.24) is 0 Å². The summed E-state index contributed by atoms with van der Waals surface area (Å²) in [6.07, 6.45) is 0. The molecule has 0 N–H and O–H groups in total. The van der Waals surface area contributed by atoms with Crippen LogP contribution in [0.25, 0.3) is 5.57 Å². The van der Waals surface area contributed by atoms with E-state index in [0.29, 0.717) is 11.1 Å². The van der Waals surface area contributed by atoms with Crippen LogP contribution >= 0.6 is 11.3 Å². The number of rotatable bonds is 1. The molecule has 1 aliphatic rings. The van der Waals surface area contributed by atoms with E-state index >= 15 is 0 Å². The first-order valence-corrected chi connectivity index (χ1v) is 8.12. The zero-order valence-electron chi connectivity index (χ0n) is 14.2. The van der Waals surface area contributed by atoms with E-state index in [1.165, 1.54) is 4.88 Å². The van der Waals surface area contributed by atoms with Gasteiger partial charge in [0.05, 0.1) is 11.1 Å². The molecule has 0 saturated carbocycles. The van der Waals surface area contributed by atoms with Gasteiger partial charge in [0.1, 0.15) is 0 Å². The topological polar surface area (TPSA) is 43.4 Å². The lowest BCUT2D eigenvalue weighted by atomic mass is 9.77. The van der Waals surface area contributed by atoms with E-state index < -0.39 is 11.9 Å². The Hall–Kier alpha value is -1.68. The van der Waals surface area contributed by atoms with Crippen LogP contribution in [0.2, 0.25) is 0 Å². The van der Waals surface area contributed by atoms with E-state index in [2.05, 4.69) is 26.8 Å². The fourth-order valence-corrected chi connectivity index (χ4v) is 3.79. The SMILES string of the molecule is CC(C)=C1C(=O)OC(=O)/C1=C(/c1cc(C)sc1C)C(C)(C)C. The average Bonchev–Trinajstić information content (AvgIpc) is 2.78. The van der Waals surface area contributed by atoms with Crippen molar-refractivity contribution < 1.29 is 14.3 Å². The van der Waals surface area contributed by atoms with Crippen LogP contribution in [0.3, 0.4) is 0 Å². The van der Waals surface area contributed by atoms with Gasteiger partial charge in [-0.15, -0.1) is 11.3 Å². The molecule has 1 saturated heterocycles. The molecule has 2 rings (SSSR count). The summed E-state index contributed by atoms with van der Waals surface area (Å²) in [6, 6.07) is 2.09. The number of cyclic esters (lactones) is 2. The number of carbonyl (C=O) groups is 2. The second kappa shape index (κ2) is 5.51. The molecule has 3 nitrogen and oxygen atoms in total. The van der Waals surface area contributed by atoms with Crippen molar-refractivity contribution in [2.24, 2.45) is 5.41 Å². The van der Waals surface area contributed by atoms with E-state index in [0.717, 1.165) is 21.6 Å². The lowest BCUT2D eigenvalue weighted by Gasteiger charge is -2.25. The highest BCUT2D eigenvalue weighted by atomic mass is 32.1. The normalized spacial score (nSPS) is 17.9. The predicted octanol–water partition coefficient (Wildman–Crippen LogP) is 4.58. The smallest absolute Gasteiger partial charge is 0.347 e. The summed E-state index contributed by atoms with van der Waals surface area (Å²) in [4.78, 5) is 26.7. The van der Waals surface area contributed by atoms with Crippen molar-refractivity contribution >= 4 is 28.8 Å². The minimum absolute atomic E-state index is 0.280. The van der Waals surface area contributed by atoms with Gasteiger partial charge in [-0.05, 0) is 50.3 Å². The summed E-state index contributed by atoms with van der Waals surface area (Å²) in [5.41, 5.74) is 3.29. The van der Waals surface area contributed by atoms with E-state index in [-0.39, 0.29) is 5.41 Å². The van der Waals surface area contributed by atoms with Crippen molar-refractivity contribution in [3.63, 3.8) is 0 Å². The molecule has 0 atom stereocenters. The van der Waals surface area contributed by atoms with Crippen LogP contribution < -0.4 is 0 Å². The maximum atomic E-state index is 12.3. The first-order chi connectivity index (χ1) is 10.0. The van der Waals surface area contributed by atoms with Gasteiger partial charge in [0.25, 0.3) is 0 Å². The third kappa shape index (κ3) is 2.80. The molecule has 1 aromatic rings. The second-order valence-electron chi connectivity index (χ2n) is 6.88. The summed E-state index contributed by atoms with van der Waals surface area (Å²) in [7, 11) is 0. The maximum Gasteiger partial charge on any atom is 0.347 e. The van der Waals surface area contributed by atoms with Crippen LogP contribution in [-0.2, 0) is 14.3 Å². The fourth-order valence-electron chi connectivity index (χ4n) is 2.86. The van der Waals surface area contributed by atoms with Gasteiger partial charge in [0.2, 0.25) is 0 Å². The van der Waals surface area contributed by atoms with E-state index in [1.54, 1.807) is 11.3 Å². The highest BCUT2D eigenvalue weighted by molar-refractivity contribution is 7.12. The molecule has 1 aromatic heterocycles. The summed E-state index contributed by atoms with van der Waals surface area (Å²) >= 11 is 1.70. The summed E-state index contributed by atoms with van der Waals surface area (Å²) in [6.45, 7) is 13.9. The standard InChI is InChI=1S/C18H22O3S/c1-9(2)13-14(17(20)21-16(13)19)15(18(5,6)7)12-8-10(3)22-11(12)4/h8H,1-7H3/b15-14-. The molecular weight excluding hydrogens is 296 g/mol. The van der Waals surface area contributed by atoms with E-state index in [1.807, 2.05) is 27.7 Å². The Balaban J connectivity index is 2.90.